The third-order valence-electron chi connectivity index (χ3n) is 8.34. The second-order valence-electron chi connectivity index (χ2n) is 14.0. The number of rotatable bonds is 11. The van der Waals surface area contributed by atoms with Gasteiger partial charge in [-0.25, -0.2) is 14.6 Å². The summed E-state index contributed by atoms with van der Waals surface area (Å²) >= 11 is 0. The molecule has 1 saturated carbocycles. The van der Waals surface area contributed by atoms with Crippen molar-refractivity contribution in [2.45, 2.75) is 103 Å². The molecule has 0 spiro atoms. The molecule has 1 heterocycles. The second-order valence-corrected chi connectivity index (χ2v) is 18.2. The van der Waals surface area contributed by atoms with Crippen LogP contribution in [0.3, 0.4) is 0 Å². The van der Waals surface area contributed by atoms with Crippen molar-refractivity contribution in [3.8, 4) is 0 Å². The third kappa shape index (κ3) is 8.95. The van der Waals surface area contributed by atoms with E-state index in [1.165, 1.54) is 10.4 Å². The number of amides is 1. The van der Waals surface area contributed by atoms with E-state index in [9.17, 15) is 14.7 Å². The fourth-order valence-electron chi connectivity index (χ4n) is 6.23. The number of hydrogen-bond donors (Lipinski definition) is 2. The van der Waals surface area contributed by atoms with Gasteiger partial charge in [0.25, 0.3) is 8.32 Å². The van der Waals surface area contributed by atoms with Gasteiger partial charge in [0, 0.05) is 30.5 Å². The van der Waals surface area contributed by atoms with Gasteiger partial charge in [0.05, 0.1) is 12.0 Å². The monoisotopic (exact) mass is 631 g/mol. The van der Waals surface area contributed by atoms with Gasteiger partial charge in [-0.1, -0.05) is 81.4 Å². The van der Waals surface area contributed by atoms with E-state index >= 15 is 0 Å². The molecule has 1 amide bonds. The fourth-order valence-corrected chi connectivity index (χ4v) is 11.0. The van der Waals surface area contributed by atoms with Gasteiger partial charge in [-0.05, 0) is 80.8 Å². The molecular formula is C36H49N3O5Si. The Balaban J connectivity index is 1.40. The molecule has 1 aromatic heterocycles. The van der Waals surface area contributed by atoms with E-state index in [1.54, 1.807) is 26.8 Å². The van der Waals surface area contributed by atoms with Crippen LogP contribution in [0.25, 0.3) is 6.08 Å². The molecule has 1 aliphatic carbocycles. The number of aromatic nitrogens is 2. The predicted molar refractivity (Wildman–Crippen MR) is 181 cm³/mol. The Kier molecular flexibility index (Phi) is 11.1. The lowest BCUT2D eigenvalue weighted by molar-refractivity contribution is -0.132. The van der Waals surface area contributed by atoms with Crippen LogP contribution in [0, 0.1) is 0 Å². The van der Waals surface area contributed by atoms with Gasteiger partial charge in [0.2, 0.25) is 0 Å². The summed E-state index contributed by atoms with van der Waals surface area (Å²) in [6.45, 7) is 12.7. The minimum atomic E-state index is -2.61. The number of carboxylic acid groups (broad SMARTS) is 1. The topological polar surface area (TPSA) is 103 Å². The average Bonchev–Trinajstić information content (AvgIpc) is 3.45. The van der Waals surface area contributed by atoms with Crippen molar-refractivity contribution in [3.05, 3.63) is 84.5 Å². The van der Waals surface area contributed by atoms with Crippen LogP contribution in [0.15, 0.2) is 78.8 Å². The second kappa shape index (κ2) is 14.6. The first kappa shape index (κ1) is 34.2. The minimum Gasteiger partial charge on any atom is -0.478 e. The van der Waals surface area contributed by atoms with Gasteiger partial charge in [-0.2, -0.15) is 0 Å². The van der Waals surface area contributed by atoms with Gasteiger partial charge in [-0.3, -0.25) is 0 Å². The first-order valence-corrected chi connectivity index (χ1v) is 17.9. The summed E-state index contributed by atoms with van der Waals surface area (Å²) in [5, 5.41) is 15.0. The number of benzene rings is 2. The van der Waals surface area contributed by atoms with E-state index in [2.05, 4.69) is 96.3 Å². The van der Waals surface area contributed by atoms with Crippen molar-refractivity contribution in [1.82, 2.24) is 14.9 Å². The van der Waals surface area contributed by atoms with Crippen molar-refractivity contribution in [2.75, 3.05) is 6.54 Å². The summed E-state index contributed by atoms with van der Waals surface area (Å²) in [6.07, 6.45) is 9.64. The lowest BCUT2D eigenvalue weighted by Gasteiger charge is -2.46. The minimum absolute atomic E-state index is 0.0637. The molecule has 0 saturated heterocycles. The summed E-state index contributed by atoms with van der Waals surface area (Å²) in [5.74, 6) is -0.984. The number of imidazole rings is 1. The quantitative estimate of drug-likeness (QED) is 0.138. The number of hydrogen-bond acceptors (Lipinski definition) is 5. The molecule has 0 aliphatic heterocycles. The molecular weight excluding hydrogens is 582 g/mol. The Morgan fingerprint density at radius 1 is 0.956 bits per heavy atom. The maximum atomic E-state index is 11.9. The number of carbonyl (C=O) groups is 2. The molecule has 0 bridgehead atoms. The van der Waals surface area contributed by atoms with Crippen LogP contribution in [-0.2, 0) is 14.0 Å². The molecule has 1 fully saturated rings. The third-order valence-corrected chi connectivity index (χ3v) is 13.4. The smallest absolute Gasteiger partial charge is 0.407 e. The zero-order valence-corrected chi connectivity index (χ0v) is 28.6. The van der Waals surface area contributed by atoms with E-state index < -0.39 is 26.0 Å². The Hall–Kier alpha value is -3.69. The zero-order valence-electron chi connectivity index (χ0n) is 27.6. The highest BCUT2D eigenvalue weighted by Gasteiger charge is 2.51. The van der Waals surface area contributed by atoms with Crippen LogP contribution < -0.4 is 15.7 Å². The maximum Gasteiger partial charge on any atom is 0.407 e. The summed E-state index contributed by atoms with van der Waals surface area (Å²) in [6, 6.07) is 21.8. The Labute approximate surface area is 269 Å². The molecule has 4 rings (SSSR count). The largest absolute Gasteiger partial charge is 0.478 e. The van der Waals surface area contributed by atoms with Crippen LogP contribution in [0.2, 0.25) is 5.04 Å². The van der Waals surface area contributed by atoms with Crippen LogP contribution in [0.5, 0.6) is 0 Å². The molecule has 1 aliphatic rings. The number of nitrogens with zero attached hydrogens (tertiary/aromatic N) is 2. The van der Waals surface area contributed by atoms with Crippen molar-refractivity contribution >= 4 is 36.8 Å². The van der Waals surface area contributed by atoms with Crippen molar-refractivity contribution in [1.29, 1.82) is 0 Å². The van der Waals surface area contributed by atoms with Crippen LogP contribution in [-0.4, -0.2) is 53.3 Å². The molecule has 8 nitrogen and oxygen atoms in total. The summed E-state index contributed by atoms with van der Waals surface area (Å²) in [7, 11) is -2.61. The van der Waals surface area contributed by atoms with E-state index in [1.807, 2.05) is 12.5 Å². The summed E-state index contributed by atoms with van der Waals surface area (Å²) in [4.78, 5) is 28.3. The standard InChI is InChI=1S/C36H49N3O5Si/c1-35(2,3)43-34(42)37-23-13-14-27(33(40)41)24-28-25-39(26-38-28)29-19-21-30(22-20-29)44-45(36(4,5)6,31-15-9-7-10-16-31)32-17-11-8-12-18-32/h7-12,15-18,24-26,29-30H,13-14,19-23H2,1-6H3,(H,37,42)(H,40,41)/b27-24+. The van der Waals surface area contributed by atoms with Gasteiger partial charge >= 0.3 is 12.1 Å². The average molecular weight is 632 g/mol. The normalized spacial score (nSPS) is 18.0. The molecule has 0 atom stereocenters. The lowest BCUT2D eigenvalue weighted by Crippen LogP contribution is -2.67. The molecule has 2 N–H and O–H groups in total. The van der Waals surface area contributed by atoms with Crippen LogP contribution in [0.1, 0.15) is 91.8 Å². The Morgan fingerprint density at radius 2 is 1.53 bits per heavy atom. The molecule has 242 valence electrons. The van der Waals surface area contributed by atoms with E-state index in [0.29, 0.717) is 25.1 Å². The summed E-state index contributed by atoms with van der Waals surface area (Å²) < 4.78 is 14.7. The molecule has 3 aromatic rings. The lowest BCUT2D eigenvalue weighted by atomic mass is 9.93. The molecule has 45 heavy (non-hydrogen) atoms. The highest BCUT2D eigenvalue weighted by Crippen LogP contribution is 2.40. The van der Waals surface area contributed by atoms with Crippen molar-refractivity contribution in [2.24, 2.45) is 0 Å². The van der Waals surface area contributed by atoms with E-state index in [4.69, 9.17) is 9.16 Å². The molecule has 9 heteroatoms. The van der Waals surface area contributed by atoms with Crippen molar-refractivity contribution < 1.29 is 23.9 Å². The first-order chi connectivity index (χ1) is 21.3. The Morgan fingerprint density at radius 3 is 2.04 bits per heavy atom. The van der Waals surface area contributed by atoms with E-state index in [-0.39, 0.29) is 22.8 Å². The first-order valence-electron chi connectivity index (χ1n) is 16.0. The zero-order chi connectivity index (χ0) is 32.7. The number of carboxylic acids is 1. The van der Waals surface area contributed by atoms with Gasteiger partial charge < -0.3 is 24.2 Å². The van der Waals surface area contributed by atoms with E-state index in [0.717, 1.165) is 25.7 Å². The molecule has 2 aromatic carbocycles. The number of alkyl carbamates (subject to hydrolysis) is 1. The summed E-state index contributed by atoms with van der Waals surface area (Å²) in [5.41, 5.74) is 0.302. The number of aliphatic carboxylic acids is 1. The van der Waals surface area contributed by atoms with Crippen LogP contribution >= 0.6 is 0 Å². The number of ether oxygens (including phenoxy) is 1. The van der Waals surface area contributed by atoms with Crippen LogP contribution in [0.4, 0.5) is 4.79 Å². The van der Waals surface area contributed by atoms with Gasteiger partial charge in [0.15, 0.2) is 0 Å². The molecule has 0 unspecified atom stereocenters. The highest BCUT2D eigenvalue weighted by atomic mass is 28.4. The predicted octanol–water partition coefficient (Wildman–Crippen LogP) is 6.72. The Bertz CT molecular complexity index is 1390. The number of carbonyl (C=O) groups excluding carboxylic acids is 1. The van der Waals surface area contributed by atoms with Gasteiger partial charge in [0.1, 0.15) is 5.60 Å². The SMILES string of the molecule is CC(C)(C)OC(=O)NCCC/C(=C\c1cn(C2CCC(O[Si](c3ccccc3)(c3ccccc3)C(C)(C)C)CC2)cn1)C(=O)O. The fraction of sp³-hybridized carbons (Fsp3) is 0.472. The molecule has 0 radical (unpaired) electrons. The highest BCUT2D eigenvalue weighted by molar-refractivity contribution is 6.99. The van der Waals surface area contributed by atoms with Crippen molar-refractivity contribution in [3.63, 3.8) is 0 Å². The van der Waals surface area contributed by atoms with Gasteiger partial charge in [-0.15, -0.1) is 0 Å². The number of nitrogens with one attached hydrogen (secondary N) is 1. The maximum absolute atomic E-state index is 11.9.